The third kappa shape index (κ3) is 4.53. The van der Waals surface area contributed by atoms with Crippen LogP contribution in [0, 0.1) is 0 Å². The van der Waals surface area contributed by atoms with Crippen molar-refractivity contribution in [2.75, 3.05) is 18.9 Å². The lowest BCUT2D eigenvalue weighted by Crippen LogP contribution is -2.32. The van der Waals surface area contributed by atoms with Gasteiger partial charge in [-0.2, -0.15) is 8.78 Å². The Labute approximate surface area is 97.6 Å². The van der Waals surface area contributed by atoms with Crippen molar-refractivity contribution in [1.82, 2.24) is 4.72 Å². The highest BCUT2D eigenvalue weighted by Gasteiger charge is 2.22. The number of halogens is 2. The van der Waals surface area contributed by atoms with E-state index in [1.54, 1.807) is 29.0 Å². The molecule has 0 spiro atoms. The molecule has 17 heavy (non-hydrogen) atoms. The summed E-state index contributed by atoms with van der Waals surface area (Å²) in [4.78, 5) is 0. The molecule has 0 amide bonds. The second-order valence-electron chi connectivity index (χ2n) is 3.12. The van der Waals surface area contributed by atoms with Gasteiger partial charge in [-0.05, 0) is 24.3 Å². The van der Waals surface area contributed by atoms with E-state index in [0.29, 0.717) is 11.4 Å². The van der Waals surface area contributed by atoms with Crippen molar-refractivity contribution in [2.45, 2.75) is 5.76 Å². The molecule has 1 rings (SSSR count). The van der Waals surface area contributed by atoms with Gasteiger partial charge in [-0.1, -0.05) is 0 Å². The van der Waals surface area contributed by atoms with Crippen molar-refractivity contribution in [2.24, 2.45) is 0 Å². The van der Waals surface area contributed by atoms with E-state index < -0.39 is 15.8 Å². The first-order valence-corrected chi connectivity index (χ1v) is 6.21. The Balaban J connectivity index is 2.32. The molecule has 0 saturated heterocycles. The van der Waals surface area contributed by atoms with E-state index in [9.17, 15) is 17.2 Å². The molecule has 0 aromatic heterocycles. The second-order valence-corrected chi connectivity index (χ2v) is 4.85. The summed E-state index contributed by atoms with van der Waals surface area (Å²) in [6.45, 7) is -0.271. The fourth-order valence-electron chi connectivity index (χ4n) is 0.980. The Hall–Kier alpha value is -1.41. The topological polar surface area (TPSA) is 81.4 Å². The average molecular weight is 266 g/mol. The molecule has 8 heteroatoms. The van der Waals surface area contributed by atoms with Gasteiger partial charge in [0.25, 0.3) is 10.0 Å². The van der Waals surface area contributed by atoms with Crippen LogP contribution in [0.25, 0.3) is 0 Å². The summed E-state index contributed by atoms with van der Waals surface area (Å²) in [6, 6.07) is 6.41. The van der Waals surface area contributed by atoms with Crippen LogP contribution in [-0.4, -0.2) is 27.3 Å². The number of alkyl halides is 2. The molecule has 0 radical (unpaired) electrons. The zero-order chi connectivity index (χ0) is 12.9. The van der Waals surface area contributed by atoms with Crippen molar-refractivity contribution in [3.8, 4) is 5.75 Å². The van der Waals surface area contributed by atoms with Crippen molar-refractivity contribution >= 4 is 15.7 Å². The van der Waals surface area contributed by atoms with Crippen LogP contribution in [0.2, 0.25) is 0 Å². The number of nitrogens with two attached hydrogens (primary N) is 1. The van der Waals surface area contributed by atoms with Gasteiger partial charge in [-0.25, -0.2) is 13.1 Å². The first kappa shape index (κ1) is 13.7. The molecule has 0 aliphatic heterocycles. The minimum Gasteiger partial charge on any atom is -0.492 e. The summed E-state index contributed by atoms with van der Waals surface area (Å²) in [5.74, 6) is -2.95. The summed E-state index contributed by atoms with van der Waals surface area (Å²) in [5, 5.41) is 0. The van der Waals surface area contributed by atoms with Crippen LogP contribution in [0.4, 0.5) is 14.5 Å². The molecule has 0 aliphatic rings. The number of anilines is 1. The van der Waals surface area contributed by atoms with Gasteiger partial charge in [0, 0.05) is 12.2 Å². The van der Waals surface area contributed by atoms with Crippen LogP contribution in [-0.2, 0) is 10.0 Å². The molecule has 3 N–H and O–H groups in total. The Kier molecular flexibility index (Phi) is 4.64. The van der Waals surface area contributed by atoms with Gasteiger partial charge < -0.3 is 10.5 Å². The number of hydrogen-bond acceptors (Lipinski definition) is 4. The zero-order valence-corrected chi connectivity index (χ0v) is 9.58. The molecule has 0 unspecified atom stereocenters. The molecule has 0 heterocycles. The van der Waals surface area contributed by atoms with E-state index >= 15 is 0 Å². The maximum atomic E-state index is 11.9. The lowest BCUT2D eigenvalue weighted by Gasteiger charge is -2.07. The van der Waals surface area contributed by atoms with Crippen molar-refractivity contribution in [3.05, 3.63) is 24.3 Å². The first-order valence-electron chi connectivity index (χ1n) is 4.67. The lowest BCUT2D eigenvalue weighted by atomic mass is 10.3. The zero-order valence-electron chi connectivity index (χ0n) is 8.77. The number of benzene rings is 1. The molecular formula is C9H12F2N2O3S. The lowest BCUT2D eigenvalue weighted by molar-refractivity contribution is 0.231. The van der Waals surface area contributed by atoms with E-state index in [-0.39, 0.29) is 13.2 Å². The molecular weight excluding hydrogens is 254 g/mol. The fraction of sp³-hybridized carbons (Fsp3) is 0.333. The van der Waals surface area contributed by atoms with Gasteiger partial charge in [0.1, 0.15) is 12.4 Å². The molecule has 0 atom stereocenters. The number of nitrogens with one attached hydrogen (secondary N) is 1. The summed E-state index contributed by atoms with van der Waals surface area (Å²) < 4.78 is 51.9. The van der Waals surface area contributed by atoms with Gasteiger partial charge in [0.2, 0.25) is 0 Å². The fourth-order valence-corrected chi connectivity index (χ4v) is 1.47. The molecule has 0 fully saturated rings. The SMILES string of the molecule is Nc1ccc(OCCNS(=O)(=O)C(F)F)cc1. The smallest absolute Gasteiger partial charge is 0.350 e. The molecule has 0 bridgehead atoms. The number of rotatable bonds is 6. The van der Waals surface area contributed by atoms with E-state index in [1.165, 1.54) is 0 Å². The number of hydrogen-bond donors (Lipinski definition) is 2. The normalized spacial score (nSPS) is 11.7. The highest BCUT2D eigenvalue weighted by molar-refractivity contribution is 7.89. The molecule has 0 aliphatic carbocycles. The summed E-state index contributed by atoms with van der Waals surface area (Å²) >= 11 is 0. The maximum absolute atomic E-state index is 11.9. The maximum Gasteiger partial charge on any atom is 0.350 e. The monoisotopic (exact) mass is 266 g/mol. The quantitative estimate of drug-likeness (QED) is 0.589. The third-order valence-electron chi connectivity index (χ3n) is 1.79. The van der Waals surface area contributed by atoms with Crippen LogP contribution in [0.3, 0.4) is 0 Å². The minimum absolute atomic E-state index is 0.0458. The molecule has 0 saturated carbocycles. The predicted molar refractivity (Wildman–Crippen MR) is 59.3 cm³/mol. The van der Waals surface area contributed by atoms with Crippen LogP contribution >= 0.6 is 0 Å². The van der Waals surface area contributed by atoms with E-state index in [1.807, 2.05) is 0 Å². The summed E-state index contributed by atoms with van der Waals surface area (Å²) in [6.07, 6.45) is 0. The van der Waals surface area contributed by atoms with Gasteiger partial charge in [0.05, 0.1) is 0 Å². The molecule has 96 valence electrons. The molecule has 1 aromatic rings. The van der Waals surface area contributed by atoms with Gasteiger partial charge >= 0.3 is 5.76 Å². The van der Waals surface area contributed by atoms with Crippen molar-refractivity contribution in [1.29, 1.82) is 0 Å². The van der Waals surface area contributed by atoms with Gasteiger partial charge in [-0.3, -0.25) is 0 Å². The minimum atomic E-state index is -4.54. The summed E-state index contributed by atoms with van der Waals surface area (Å²) in [7, 11) is -4.54. The highest BCUT2D eigenvalue weighted by Crippen LogP contribution is 2.12. The van der Waals surface area contributed by atoms with E-state index in [2.05, 4.69) is 0 Å². The predicted octanol–water partition coefficient (Wildman–Crippen LogP) is 0.790. The molecule has 5 nitrogen and oxygen atoms in total. The van der Waals surface area contributed by atoms with E-state index in [4.69, 9.17) is 10.5 Å². The van der Waals surface area contributed by atoms with Crippen LogP contribution < -0.4 is 15.2 Å². The van der Waals surface area contributed by atoms with Crippen molar-refractivity contribution in [3.63, 3.8) is 0 Å². The van der Waals surface area contributed by atoms with Crippen LogP contribution in [0.1, 0.15) is 0 Å². The standard InChI is InChI=1S/C9H12F2N2O3S/c10-9(11)17(14,15)13-5-6-16-8-3-1-7(12)2-4-8/h1-4,9,13H,5-6,12H2. The third-order valence-corrected chi connectivity index (χ3v) is 2.86. The first-order chi connectivity index (χ1) is 7.92. The second kappa shape index (κ2) is 5.78. The van der Waals surface area contributed by atoms with Crippen LogP contribution in [0.15, 0.2) is 24.3 Å². The van der Waals surface area contributed by atoms with Gasteiger partial charge in [0.15, 0.2) is 0 Å². The Morgan fingerprint density at radius 1 is 1.29 bits per heavy atom. The Morgan fingerprint density at radius 2 is 1.88 bits per heavy atom. The van der Waals surface area contributed by atoms with Crippen molar-refractivity contribution < 1.29 is 21.9 Å². The average Bonchev–Trinajstić information content (AvgIpc) is 2.26. The van der Waals surface area contributed by atoms with Gasteiger partial charge in [-0.15, -0.1) is 0 Å². The highest BCUT2D eigenvalue weighted by atomic mass is 32.2. The molecule has 1 aromatic carbocycles. The number of nitrogen functional groups attached to an aromatic ring is 1. The van der Waals surface area contributed by atoms with Crippen LogP contribution in [0.5, 0.6) is 5.75 Å². The summed E-state index contributed by atoms with van der Waals surface area (Å²) in [5.41, 5.74) is 6.01. The largest absolute Gasteiger partial charge is 0.492 e. The Bertz CT molecular complexity index is 448. The van der Waals surface area contributed by atoms with E-state index in [0.717, 1.165) is 0 Å². The number of ether oxygens (including phenoxy) is 1. The Morgan fingerprint density at radius 3 is 2.41 bits per heavy atom. The number of sulfonamides is 1.